The number of imide groups is 1. The van der Waals surface area contributed by atoms with Crippen molar-refractivity contribution in [1.82, 2.24) is 4.90 Å². The average molecular weight is 279 g/mol. The van der Waals surface area contributed by atoms with E-state index in [4.69, 9.17) is 4.74 Å². The maximum Gasteiger partial charge on any atom is 0.236 e. The van der Waals surface area contributed by atoms with Crippen molar-refractivity contribution >= 4 is 11.8 Å². The van der Waals surface area contributed by atoms with E-state index in [0.717, 1.165) is 24.0 Å². The number of carbonyl (C=O) groups is 2. The van der Waals surface area contributed by atoms with Crippen molar-refractivity contribution in [3.63, 3.8) is 0 Å². The molecule has 3 aliphatic heterocycles. The summed E-state index contributed by atoms with van der Waals surface area (Å²) in [6.07, 6.45) is 4.60. The highest BCUT2D eigenvalue weighted by molar-refractivity contribution is 6.06. The van der Waals surface area contributed by atoms with Crippen LogP contribution in [-0.2, 0) is 14.3 Å². The summed E-state index contributed by atoms with van der Waals surface area (Å²) in [7, 11) is 4.29. The van der Waals surface area contributed by atoms with Gasteiger partial charge in [0.25, 0.3) is 0 Å². The van der Waals surface area contributed by atoms with Crippen molar-refractivity contribution < 1.29 is 18.8 Å². The van der Waals surface area contributed by atoms with Gasteiger partial charge in [0.1, 0.15) is 0 Å². The fraction of sp³-hybridized carbons (Fsp3) is 0.733. The van der Waals surface area contributed by atoms with Crippen LogP contribution in [0.5, 0.6) is 0 Å². The number of nitrogens with zero attached hydrogens (tertiary/aromatic N) is 2. The Morgan fingerprint density at radius 2 is 1.65 bits per heavy atom. The van der Waals surface area contributed by atoms with Gasteiger partial charge in [0.15, 0.2) is 0 Å². The van der Waals surface area contributed by atoms with Crippen LogP contribution in [0.3, 0.4) is 0 Å². The molecular formula is C15H23N2O3+. The van der Waals surface area contributed by atoms with Crippen molar-refractivity contribution in [1.29, 1.82) is 0 Å². The predicted molar refractivity (Wildman–Crippen MR) is 73.6 cm³/mol. The lowest BCUT2D eigenvalue weighted by molar-refractivity contribution is -0.889. The Hall–Kier alpha value is -1.20. The summed E-state index contributed by atoms with van der Waals surface area (Å²) < 4.78 is 6.47. The highest BCUT2D eigenvalue weighted by Gasteiger charge is 2.60. The third-order valence-corrected chi connectivity index (χ3v) is 4.76. The molecule has 5 nitrogen and oxygen atoms in total. The molecule has 0 radical (unpaired) electrons. The highest BCUT2D eigenvalue weighted by atomic mass is 16.5. The van der Waals surface area contributed by atoms with Crippen molar-refractivity contribution in [3.05, 3.63) is 12.2 Å². The van der Waals surface area contributed by atoms with E-state index in [1.54, 1.807) is 0 Å². The Labute approximate surface area is 119 Å². The first-order valence-corrected chi connectivity index (χ1v) is 7.45. The summed E-state index contributed by atoms with van der Waals surface area (Å²) in [5, 5.41) is 0. The molecular weight excluding hydrogens is 256 g/mol. The molecule has 0 spiro atoms. The second-order valence-electron chi connectivity index (χ2n) is 6.71. The van der Waals surface area contributed by atoms with Crippen LogP contribution in [0.4, 0.5) is 0 Å². The highest BCUT2D eigenvalue weighted by Crippen LogP contribution is 2.44. The zero-order chi connectivity index (χ0) is 14.5. The molecule has 4 atom stereocenters. The van der Waals surface area contributed by atoms with Gasteiger partial charge in [-0.3, -0.25) is 14.5 Å². The zero-order valence-corrected chi connectivity index (χ0v) is 12.4. The minimum Gasteiger partial charge on any atom is -0.365 e. The number of quaternary nitrogens is 1. The van der Waals surface area contributed by atoms with Gasteiger partial charge in [-0.15, -0.1) is 0 Å². The summed E-state index contributed by atoms with van der Waals surface area (Å²) >= 11 is 0. The molecule has 0 unspecified atom stereocenters. The maximum atomic E-state index is 12.4. The van der Waals surface area contributed by atoms with E-state index >= 15 is 0 Å². The molecule has 3 heterocycles. The van der Waals surface area contributed by atoms with Gasteiger partial charge >= 0.3 is 0 Å². The van der Waals surface area contributed by atoms with Gasteiger partial charge in [0.05, 0.1) is 57.8 Å². The van der Waals surface area contributed by atoms with Gasteiger partial charge in [-0.1, -0.05) is 19.1 Å². The topological polar surface area (TPSA) is 46.6 Å². The van der Waals surface area contributed by atoms with Gasteiger partial charge in [0.2, 0.25) is 11.8 Å². The Bertz CT molecular complexity index is 442. The first kappa shape index (κ1) is 13.8. The first-order valence-electron chi connectivity index (χ1n) is 7.45. The van der Waals surface area contributed by atoms with Crippen LogP contribution >= 0.6 is 0 Å². The average Bonchev–Trinajstić information content (AvgIpc) is 3.03. The van der Waals surface area contributed by atoms with Crippen LogP contribution in [0.15, 0.2) is 12.2 Å². The molecule has 0 aromatic carbocycles. The van der Waals surface area contributed by atoms with Gasteiger partial charge in [-0.05, 0) is 6.42 Å². The van der Waals surface area contributed by atoms with E-state index < -0.39 is 0 Å². The molecule has 2 fully saturated rings. The molecule has 3 rings (SSSR count). The van der Waals surface area contributed by atoms with Gasteiger partial charge < -0.3 is 9.22 Å². The molecule has 3 aliphatic rings. The second kappa shape index (κ2) is 4.67. The summed E-state index contributed by atoms with van der Waals surface area (Å²) in [4.78, 5) is 26.4. The smallest absolute Gasteiger partial charge is 0.236 e. The van der Waals surface area contributed by atoms with E-state index in [9.17, 15) is 9.59 Å². The number of hydrogen-bond acceptors (Lipinski definition) is 3. The third-order valence-electron chi connectivity index (χ3n) is 4.76. The van der Waals surface area contributed by atoms with Crippen LogP contribution in [0.1, 0.15) is 13.3 Å². The third kappa shape index (κ3) is 2.00. The van der Waals surface area contributed by atoms with Gasteiger partial charge in [-0.25, -0.2) is 0 Å². The summed E-state index contributed by atoms with van der Waals surface area (Å²) in [6, 6.07) is 0. The predicted octanol–water partition coefficient (Wildman–Crippen LogP) is 0.411. The summed E-state index contributed by atoms with van der Waals surface area (Å²) in [5.41, 5.74) is 0. The number of ether oxygens (including phenoxy) is 1. The van der Waals surface area contributed by atoms with Crippen molar-refractivity contribution in [2.45, 2.75) is 25.6 Å². The van der Waals surface area contributed by atoms with Gasteiger partial charge in [0, 0.05) is 0 Å². The number of fused-ring (bicyclic) bond motifs is 5. The van der Waals surface area contributed by atoms with E-state index in [2.05, 4.69) is 21.0 Å². The number of amides is 2. The monoisotopic (exact) mass is 279 g/mol. The van der Waals surface area contributed by atoms with E-state index in [1.165, 1.54) is 4.90 Å². The first-order chi connectivity index (χ1) is 9.44. The van der Waals surface area contributed by atoms with Crippen LogP contribution in [0, 0.1) is 11.8 Å². The summed E-state index contributed by atoms with van der Waals surface area (Å²) in [6.45, 7) is 4.54. The van der Waals surface area contributed by atoms with Crippen molar-refractivity contribution in [2.75, 3.05) is 33.7 Å². The molecule has 0 N–H and O–H groups in total. The molecule has 2 saturated heterocycles. The number of likely N-dealkylation sites (tertiary alicyclic amines) is 1. The minimum atomic E-state index is -0.265. The van der Waals surface area contributed by atoms with E-state index in [0.29, 0.717) is 6.54 Å². The van der Waals surface area contributed by atoms with Crippen molar-refractivity contribution in [2.24, 2.45) is 11.8 Å². The molecule has 5 heteroatoms. The number of rotatable bonds is 5. The Balaban J connectivity index is 1.68. The zero-order valence-electron chi connectivity index (χ0n) is 12.4. The lowest BCUT2D eigenvalue weighted by Gasteiger charge is -2.31. The SMILES string of the molecule is CCC[N+](C)(C)CCN1C(=O)[C@@H]2[C@H](C1=O)[C@H]1C=C[C@@H]2O1. The number of carbonyl (C=O) groups excluding carboxylic acids is 2. The van der Waals surface area contributed by atoms with E-state index in [1.807, 2.05) is 12.2 Å². The van der Waals surface area contributed by atoms with E-state index in [-0.39, 0.29) is 35.9 Å². The lowest BCUT2D eigenvalue weighted by Crippen LogP contribution is -2.47. The Morgan fingerprint density at radius 1 is 1.10 bits per heavy atom. The number of hydrogen-bond donors (Lipinski definition) is 0. The maximum absolute atomic E-state index is 12.4. The fourth-order valence-electron chi connectivity index (χ4n) is 3.67. The van der Waals surface area contributed by atoms with Crippen LogP contribution < -0.4 is 0 Å². The fourth-order valence-corrected chi connectivity index (χ4v) is 3.67. The molecule has 110 valence electrons. The second-order valence-corrected chi connectivity index (χ2v) is 6.71. The largest absolute Gasteiger partial charge is 0.365 e. The standard InChI is InChI=1S/C15H23N2O3/c1-4-8-17(2,3)9-7-16-14(18)12-10-5-6-11(20-10)13(12)15(16)19/h5-6,10-13H,4,7-9H2,1-3H3/q+1/t10-,11+,12-,13+. The quantitative estimate of drug-likeness (QED) is 0.416. The Morgan fingerprint density at radius 3 is 2.15 bits per heavy atom. The Kier molecular flexibility index (Phi) is 3.21. The molecule has 0 aromatic rings. The minimum absolute atomic E-state index is 0.0339. The molecule has 0 saturated carbocycles. The van der Waals surface area contributed by atoms with Crippen LogP contribution in [0.25, 0.3) is 0 Å². The lowest BCUT2D eigenvalue weighted by atomic mass is 9.85. The van der Waals surface area contributed by atoms with Crippen molar-refractivity contribution in [3.8, 4) is 0 Å². The normalized spacial score (nSPS) is 35.2. The van der Waals surface area contributed by atoms with Gasteiger partial charge in [-0.2, -0.15) is 0 Å². The summed E-state index contributed by atoms with van der Waals surface area (Å²) in [5.74, 6) is -0.597. The van der Waals surface area contributed by atoms with Crippen LogP contribution in [-0.4, -0.2) is 67.1 Å². The number of likely N-dealkylation sites (N-methyl/N-ethyl adjacent to an activating group) is 1. The molecule has 0 aromatic heterocycles. The van der Waals surface area contributed by atoms with Crippen LogP contribution in [0.2, 0.25) is 0 Å². The molecule has 0 aliphatic carbocycles. The molecule has 2 amide bonds. The molecule has 20 heavy (non-hydrogen) atoms. The molecule has 2 bridgehead atoms.